The van der Waals surface area contributed by atoms with Gasteiger partial charge in [0.15, 0.2) is 11.0 Å². The molecule has 0 saturated heterocycles. The van der Waals surface area contributed by atoms with E-state index >= 15 is 0 Å². The van der Waals surface area contributed by atoms with Crippen molar-refractivity contribution < 1.29 is 19.1 Å². The Labute approximate surface area is 221 Å². The number of anilines is 1. The van der Waals surface area contributed by atoms with Gasteiger partial charge < -0.3 is 14.8 Å². The zero-order valence-corrected chi connectivity index (χ0v) is 23.0. The Morgan fingerprint density at radius 3 is 2.44 bits per heavy atom. The van der Waals surface area contributed by atoms with Gasteiger partial charge in [0.2, 0.25) is 5.91 Å². The first-order valence-electron chi connectivity index (χ1n) is 11.1. The number of aromatic nitrogens is 3. The third kappa shape index (κ3) is 5.48. The maximum absolute atomic E-state index is 12.9. The Bertz CT molecular complexity index is 1370. The topological polar surface area (TPSA) is 95.3 Å². The SMILES string of the molecule is COC(=O)c1c(-c2ccc(OC)cc2)csc1NC(=O)CSc1nnc(-c2csc(C)c2)n1C(C)C. The third-order valence-corrected chi connectivity index (χ3v) is 8.04. The maximum Gasteiger partial charge on any atom is 0.341 e. The number of benzene rings is 1. The van der Waals surface area contributed by atoms with Crippen LogP contribution in [-0.2, 0) is 9.53 Å². The predicted octanol–water partition coefficient (Wildman–Crippen LogP) is 6.15. The largest absolute Gasteiger partial charge is 0.497 e. The highest BCUT2D eigenvalue weighted by molar-refractivity contribution is 7.99. The van der Waals surface area contributed by atoms with Gasteiger partial charge in [-0.1, -0.05) is 23.9 Å². The molecular weight excluding hydrogens is 517 g/mol. The van der Waals surface area contributed by atoms with Crippen LogP contribution in [0, 0.1) is 6.92 Å². The van der Waals surface area contributed by atoms with E-state index in [-0.39, 0.29) is 17.7 Å². The summed E-state index contributed by atoms with van der Waals surface area (Å²) < 4.78 is 12.3. The summed E-state index contributed by atoms with van der Waals surface area (Å²) in [5.74, 6) is 0.849. The molecule has 0 saturated carbocycles. The van der Waals surface area contributed by atoms with E-state index in [1.54, 1.807) is 18.4 Å². The molecule has 0 aliphatic heterocycles. The summed E-state index contributed by atoms with van der Waals surface area (Å²) in [6.07, 6.45) is 0. The normalized spacial score (nSPS) is 11.1. The Balaban J connectivity index is 1.52. The smallest absolute Gasteiger partial charge is 0.341 e. The highest BCUT2D eigenvalue weighted by Gasteiger charge is 2.23. The van der Waals surface area contributed by atoms with E-state index in [0.717, 1.165) is 17.0 Å². The fourth-order valence-electron chi connectivity index (χ4n) is 3.63. The second kappa shape index (κ2) is 11.3. The molecule has 0 atom stereocenters. The first kappa shape index (κ1) is 25.9. The quantitative estimate of drug-likeness (QED) is 0.200. The summed E-state index contributed by atoms with van der Waals surface area (Å²) in [6, 6.07) is 9.57. The van der Waals surface area contributed by atoms with Crippen LogP contribution in [0.3, 0.4) is 0 Å². The standard InChI is InChI=1S/C25H26N4O4S3/c1-14(2)29-22(17-10-15(3)34-11-17)27-28-25(29)36-13-20(30)26-23-21(24(31)33-5)19(12-35-23)16-6-8-18(32-4)9-7-16/h6-12,14H,13H2,1-5H3,(H,26,30). The van der Waals surface area contributed by atoms with Crippen LogP contribution in [0.25, 0.3) is 22.5 Å². The molecule has 8 nitrogen and oxygen atoms in total. The van der Waals surface area contributed by atoms with Crippen molar-refractivity contribution >= 4 is 51.3 Å². The van der Waals surface area contributed by atoms with Gasteiger partial charge in [0.25, 0.3) is 0 Å². The fourth-order valence-corrected chi connectivity index (χ4v) is 6.15. The molecule has 0 aliphatic rings. The molecule has 3 heterocycles. The van der Waals surface area contributed by atoms with E-state index in [4.69, 9.17) is 9.47 Å². The van der Waals surface area contributed by atoms with Gasteiger partial charge in [-0.25, -0.2) is 4.79 Å². The molecule has 0 fully saturated rings. The number of methoxy groups -OCH3 is 2. The van der Waals surface area contributed by atoms with Crippen molar-refractivity contribution in [1.29, 1.82) is 0 Å². The van der Waals surface area contributed by atoms with E-state index in [2.05, 4.69) is 47.7 Å². The average molecular weight is 543 g/mol. The molecule has 4 rings (SSSR count). The second-order valence-electron chi connectivity index (χ2n) is 8.13. The highest BCUT2D eigenvalue weighted by atomic mass is 32.2. The summed E-state index contributed by atoms with van der Waals surface area (Å²) in [5, 5.41) is 16.6. The molecule has 11 heteroatoms. The van der Waals surface area contributed by atoms with E-state index in [0.29, 0.717) is 27.0 Å². The molecule has 188 valence electrons. The number of hydrogen-bond donors (Lipinski definition) is 1. The van der Waals surface area contributed by atoms with Crippen molar-refractivity contribution in [2.45, 2.75) is 32.0 Å². The number of carbonyl (C=O) groups excluding carboxylic acids is 2. The van der Waals surface area contributed by atoms with Gasteiger partial charge in [-0.05, 0) is 44.5 Å². The van der Waals surface area contributed by atoms with Crippen molar-refractivity contribution in [3.8, 4) is 28.3 Å². The van der Waals surface area contributed by atoms with Crippen molar-refractivity contribution in [1.82, 2.24) is 14.8 Å². The number of rotatable bonds is 9. The molecule has 36 heavy (non-hydrogen) atoms. The lowest BCUT2D eigenvalue weighted by atomic mass is 10.0. The zero-order valence-electron chi connectivity index (χ0n) is 20.5. The lowest BCUT2D eigenvalue weighted by Crippen LogP contribution is -2.16. The van der Waals surface area contributed by atoms with Gasteiger partial charge in [0.05, 0.1) is 20.0 Å². The Kier molecular flexibility index (Phi) is 8.12. The number of esters is 1. The molecule has 4 aromatic rings. The number of ether oxygens (including phenoxy) is 2. The van der Waals surface area contributed by atoms with Crippen LogP contribution in [0.1, 0.15) is 35.1 Å². The molecule has 0 aliphatic carbocycles. The van der Waals surface area contributed by atoms with Gasteiger partial charge >= 0.3 is 5.97 Å². The van der Waals surface area contributed by atoms with Gasteiger partial charge in [0.1, 0.15) is 16.3 Å². The molecule has 0 unspecified atom stereocenters. The van der Waals surface area contributed by atoms with E-state index < -0.39 is 5.97 Å². The van der Waals surface area contributed by atoms with E-state index in [1.165, 1.54) is 35.1 Å². The fraction of sp³-hybridized carbons (Fsp3) is 0.280. The Hall–Kier alpha value is -3.15. The molecule has 0 bridgehead atoms. The van der Waals surface area contributed by atoms with Crippen LogP contribution < -0.4 is 10.1 Å². The molecular formula is C25H26N4O4S3. The zero-order chi connectivity index (χ0) is 25.8. The van der Waals surface area contributed by atoms with Crippen LogP contribution in [0.4, 0.5) is 5.00 Å². The number of nitrogens with one attached hydrogen (secondary N) is 1. The van der Waals surface area contributed by atoms with E-state index in [9.17, 15) is 9.59 Å². The minimum Gasteiger partial charge on any atom is -0.497 e. The van der Waals surface area contributed by atoms with Crippen LogP contribution >= 0.6 is 34.4 Å². The number of amides is 1. The number of hydrogen-bond acceptors (Lipinski definition) is 9. The first-order valence-corrected chi connectivity index (χ1v) is 13.8. The van der Waals surface area contributed by atoms with Crippen molar-refractivity contribution in [2.75, 3.05) is 25.3 Å². The van der Waals surface area contributed by atoms with E-state index in [1.807, 2.05) is 34.2 Å². The van der Waals surface area contributed by atoms with Crippen LogP contribution in [0.15, 0.2) is 46.2 Å². The average Bonchev–Trinajstić information content (AvgIpc) is 3.60. The molecule has 0 radical (unpaired) electrons. The summed E-state index contributed by atoms with van der Waals surface area (Å²) in [5.41, 5.74) is 2.85. The first-order chi connectivity index (χ1) is 17.3. The Morgan fingerprint density at radius 2 is 1.83 bits per heavy atom. The van der Waals surface area contributed by atoms with Crippen molar-refractivity contribution in [3.05, 3.63) is 51.5 Å². The van der Waals surface area contributed by atoms with Gasteiger partial charge in [0, 0.05) is 32.8 Å². The number of carbonyl (C=O) groups is 2. The molecule has 3 aromatic heterocycles. The predicted molar refractivity (Wildman–Crippen MR) is 145 cm³/mol. The molecule has 1 amide bonds. The van der Waals surface area contributed by atoms with Gasteiger partial charge in [-0.3, -0.25) is 9.36 Å². The monoisotopic (exact) mass is 542 g/mol. The molecule has 0 spiro atoms. The van der Waals surface area contributed by atoms with Gasteiger partial charge in [-0.2, -0.15) is 0 Å². The minimum atomic E-state index is -0.514. The molecule has 1 N–H and O–H groups in total. The minimum absolute atomic E-state index is 0.115. The summed E-state index contributed by atoms with van der Waals surface area (Å²) in [4.78, 5) is 26.7. The second-order valence-corrected chi connectivity index (χ2v) is 11.1. The molecule has 1 aromatic carbocycles. The lowest BCUT2D eigenvalue weighted by Gasteiger charge is -2.13. The Morgan fingerprint density at radius 1 is 1.08 bits per heavy atom. The highest BCUT2D eigenvalue weighted by Crippen LogP contribution is 2.37. The van der Waals surface area contributed by atoms with Crippen LogP contribution in [-0.4, -0.2) is 46.6 Å². The number of aryl methyl sites for hydroxylation is 1. The van der Waals surface area contributed by atoms with Crippen molar-refractivity contribution in [3.63, 3.8) is 0 Å². The van der Waals surface area contributed by atoms with Crippen molar-refractivity contribution in [2.24, 2.45) is 0 Å². The maximum atomic E-state index is 12.9. The third-order valence-electron chi connectivity index (χ3n) is 5.34. The number of nitrogens with zero attached hydrogens (tertiary/aromatic N) is 3. The summed E-state index contributed by atoms with van der Waals surface area (Å²) in [7, 11) is 2.92. The lowest BCUT2D eigenvalue weighted by molar-refractivity contribution is -0.113. The number of thiophene rings is 2. The van der Waals surface area contributed by atoms with Crippen LogP contribution in [0.5, 0.6) is 5.75 Å². The number of thioether (sulfide) groups is 1. The summed E-state index contributed by atoms with van der Waals surface area (Å²) in [6.45, 7) is 6.17. The van der Waals surface area contributed by atoms with Crippen LogP contribution in [0.2, 0.25) is 0 Å². The van der Waals surface area contributed by atoms with Gasteiger partial charge in [-0.15, -0.1) is 32.9 Å². The summed E-state index contributed by atoms with van der Waals surface area (Å²) >= 11 is 4.25.